The third-order valence-electron chi connectivity index (χ3n) is 6.27. The molecule has 14 heteroatoms. The minimum Gasteiger partial charge on any atom is -0.479 e. The monoisotopic (exact) mass is 506 g/mol. The lowest BCUT2D eigenvalue weighted by Crippen LogP contribution is -2.38. The van der Waals surface area contributed by atoms with Gasteiger partial charge in [0.05, 0.1) is 19.2 Å². The Balaban J connectivity index is 1.52. The molecule has 1 fully saturated rings. The van der Waals surface area contributed by atoms with E-state index in [4.69, 9.17) is 4.74 Å². The van der Waals surface area contributed by atoms with Gasteiger partial charge in [0.15, 0.2) is 0 Å². The highest BCUT2D eigenvalue weighted by Gasteiger charge is 2.49. The van der Waals surface area contributed by atoms with Crippen LogP contribution in [-0.4, -0.2) is 79.0 Å². The van der Waals surface area contributed by atoms with Crippen molar-refractivity contribution < 1.29 is 27.1 Å². The summed E-state index contributed by atoms with van der Waals surface area (Å²) in [5.41, 5.74) is 2.62. The van der Waals surface area contributed by atoms with Crippen LogP contribution in [0.15, 0.2) is 30.5 Å². The molecular weight excluding hydrogens is 484 g/mol. The van der Waals surface area contributed by atoms with Gasteiger partial charge in [-0.2, -0.15) is 4.98 Å². The lowest BCUT2D eigenvalue weighted by atomic mass is 10.1. The second kappa shape index (κ2) is 8.60. The molecule has 0 aliphatic carbocycles. The number of hydrogen-bond donors (Lipinski definition) is 1. The van der Waals surface area contributed by atoms with Gasteiger partial charge in [-0.15, -0.1) is 10.2 Å². The molecule has 3 aromatic heterocycles. The summed E-state index contributed by atoms with van der Waals surface area (Å²) >= 11 is 0. The summed E-state index contributed by atoms with van der Waals surface area (Å²) in [5.74, 6) is -3.59. The van der Waals surface area contributed by atoms with Gasteiger partial charge in [0.1, 0.15) is 23.1 Å². The number of hydrogen-bond acceptors (Lipinski definition) is 7. The molecule has 0 unspecified atom stereocenters. The van der Waals surface area contributed by atoms with Crippen LogP contribution >= 0.6 is 0 Å². The van der Waals surface area contributed by atoms with Crippen LogP contribution in [0.2, 0.25) is 0 Å². The van der Waals surface area contributed by atoms with Crippen molar-refractivity contribution in [1.29, 1.82) is 0 Å². The third kappa shape index (κ3) is 3.95. The second-order valence-corrected chi connectivity index (χ2v) is 8.64. The first-order chi connectivity index (χ1) is 17.1. The number of fused-ring (bicyclic) bond motifs is 2. The Hall–Kier alpha value is -3.97. The van der Waals surface area contributed by atoms with E-state index in [2.05, 4.69) is 25.7 Å². The van der Waals surface area contributed by atoms with Crippen molar-refractivity contribution in [2.24, 2.45) is 0 Å². The largest absolute Gasteiger partial charge is 0.479 e. The SMILES string of the molecule is COc1nc(N[C@@H]2CN(C(C)=O)CC2(F)F)nn2ccc(-c3ccc4nnn([C@@H](C)C(F)F)c4c3)c12. The van der Waals surface area contributed by atoms with E-state index in [1.807, 2.05) is 0 Å². The maximum Gasteiger partial charge on any atom is 0.286 e. The van der Waals surface area contributed by atoms with E-state index >= 15 is 0 Å². The fourth-order valence-corrected chi connectivity index (χ4v) is 4.27. The minimum atomic E-state index is -3.17. The van der Waals surface area contributed by atoms with Gasteiger partial charge in [-0.05, 0) is 30.7 Å². The average molecular weight is 506 g/mol. The van der Waals surface area contributed by atoms with E-state index in [0.29, 0.717) is 27.7 Å². The van der Waals surface area contributed by atoms with E-state index in [-0.39, 0.29) is 18.4 Å². The maximum absolute atomic E-state index is 14.5. The number of nitrogens with zero attached hydrogens (tertiary/aromatic N) is 7. The first-order valence-corrected chi connectivity index (χ1v) is 11.1. The number of carbonyl (C=O) groups excluding carboxylic acids is 1. The van der Waals surface area contributed by atoms with Crippen LogP contribution in [0.25, 0.3) is 27.7 Å². The zero-order chi connectivity index (χ0) is 25.8. The van der Waals surface area contributed by atoms with Crippen molar-refractivity contribution in [3.05, 3.63) is 30.5 Å². The molecule has 1 aromatic carbocycles. The van der Waals surface area contributed by atoms with Crippen molar-refractivity contribution >= 4 is 28.4 Å². The molecule has 0 saturated carbocycles. The number of alkyl halides is 4. The van der Waals surface area contributed by atoms with Crippen molar-refractivity contribution in [2.75, 3.05) is 25.5 Å². The normalized spacial score (nSPS) is 18.3. The van der Waals surface area contributed by atoms with Gasteiger partial charge in [0.2, 0.25) is 17.7 Å². The number of halogens is 4. The molecule has 2 atom stereocenters. The lowest BCUT2D eigenvalue weighted by Gasteiger charge is -2.19. The molecule has 0 bridgehead atoms. The van der Waals surface area contributed by atoms with E-state index in [9.17, 15) is 22.4 Å². The molecule has 1 amide bonds. The molecule has 4 heterocycles. The number of methoxy groups -OCH3 is 1. The number of nitrogens with one attached hydrogen (secondary N) is 1. The van der Waals surface area contributed by atoms with Crippen LogP contribution in [0, 0.1) is 0 Å². The van der Waals surface area contributed by atoms with E-state index < -0.39 is 36.9 Å². The Morgan fingerprint density at radius 2 is 2.06 bits per heavy atom. The van der Waals surface area contributed by atoms with Crippen LogP contribution in [0.1, 0.15) is 19.9 Å². The summed E-state index contributed by atoms with van der Waals surface area (Å²) in [4.78, 5) is 16.9. The van der Waals surface area contributed by atoms with Crippen molar-refractivity contribution in [1.82, 2.24) is 34.5 Å². The van der Waals surface area contributed by atoms with Gasteiger partial charge in [-0.25, -0.2) is 26.8 Å². The Bertz CT molecular complexity index is 1450. The molecule has 4 aromatic rings. The van der Waals surface area contributed by atoms with E-state index in [1.54, 1.807) is 30.5 Å². The fraction of sp³-hybridized carbons (Fsp3) is 0.409. The summed E-state index contributed by atoms with van der Waals surface area (Å²) in [5, 5.41) is 14.7. The Morgan fingerprint density at radius 1 is 1.28 bits per heavy atom. The van der Waals surface area contributed by atoms with Crippen LogP contribution in [0.3, 0.4) is 0 Å². The highest BCUT2D eigenvalue weighted by atomic mass is 19.3. The predicted molar refractivity (Wildman–Crippen MR) is 121 cm³/mol. The number of carbonyl (C=O) groups is 1. The third-order valence-corrected chi connectivity index (χ3v) is 6.27. The topological polar surface area (TPSA) is 102 Å². The Kier molecular flexibility index (Phi) is 5.68. The van der Waals surface area contributed by atoms with Gasteiger partial charge in [0.25, 0.3) is 12.3 Å². The quantitative estimate of drug-likeness (QED) is 0.401. The average Bonchev–Trinajstić information content (AvgIpc) is 3.53. The maximum atomic E-state index is 14.5. The fourth-order valence-electron chi connectivity index (χ4n) is 4.27. The summed E-state index contributed by atoms with van der Waals surface area (Å²) in [6, 6.07) is 4.29. The number of amides is 1. The van der Waals surface area contributed by atoms with Crippen molar-refractivity contribution in [2.45, 2.75) is 38.3 Å². The number of aromatic nitrogens is 6. The molecule has 0 spiro atoms. The summed E-state index contributed by atoms with van der Waals surface area (Å²) in [6.07, 6.45) is -1.01. The lowest BCUT2D eigenvalue weighted by molar-refractivity contribution is -0.129. The highest BCUT2D eigenvalue weighted by molar-refractivity contribution is 5.89. The van der Waals surface area contributed by atoms with Crippen molar-refractivity contribution in [3.63, 3.8) is 0 Å². The Morgan fingerprint density at radius 3 is 2.72 bits per heavy atom. The number of likely N-dealkylation sites (tertiary alicyclic amines) is 1. The summed E-state index contributed by atoms with van der Waals surface area (Å²) in [7, 11) is 1.39. The van der Waals surface area contributed by atoms with Gasteiger partial charge in [-0.3, -0.25) is 4.79 Å². The zero-order valence-corrected chi connectivity index (χ0v) is 19.5. The predicted octanol–water partition coefficient (Wildman–Crippen LogP) is 3.25. The highest BCUT2D eigenvalue weighted by Crippen LogP contribution is 2.35. The molecule has 1 saturated heterocycles. The molecule has 190 valence electrons. The van der Waals surface area contributed by atoms with E-state index in [0.717, 1.165) is 4.90 Å². The Labute approximate surface area is 201 Å². The molecule has 1 N–H and O–H groups in total. The van der Waals surface area contributed by atoms with E-state index in [1.165, 1.54) is 30.2 Å². The first kappa shape index (κ1) is 23.8. The number of anilines is 1. The molecule has 5 rings (SSSR count). The first-order valence-electron chi connectivity index (χ1n) is 11.1. The van der Waals surface area contributed by atoms with Gasteiger partial charge in [-0.1, -0.05) is 11.3 Å². The van der Waals surface area contributed by atoms with Gasteiger partial charge >= 0.3 is 0 Å². The number of ether oxygens (including phenoxy) is 1. The molecule has 10 nitrogen and oxygen atoms in total. The van der Waals surface area contributed by atoms with Gasteiger partial charge < -0.3 is 15.0 Å². The summed E-state index contributed by atoms with van der Waals surface area (Å²) in [6.45, 7) is 1.71. The van der Waals surface area contributed by atoms with Crippen LogP contribution < -0.4 is 10.1 Å². The summed E-state index contributed by atoms with van der Waals surface area (Å²) < 4.78 is 63.5. The second-order valence-electron chi connectivity index (χ2n) is 8.64. The van der Waals surface area contributed by atoms with Gasteiger partial charge in [0, 0.05) is 25.2 Å². The van der Waals surface area contributed by atoms with Crippen molar-refractivity contribution in [3.8, 4) is 17.0 Å². The zero-order valence-electron chi connectivity index (χ0n) is 19.5. The van der Waals surface area contributed by atoms with Crippen LogP contribution in [0.4, 0.5) is 23.5 Å². The molecule has 1 aliphatic heterocycles. The molecule has 1 aliphatic rings. The minimum absolute atomic E-state index is 0.0972. The number of benzene rings is 1. The van der Waals surface area contributed by atoms with Crippen LogP contribution in [0.5, 0.6) is 5.88 Å². The standard InChI is InChI=1S/C22H22F4N8O2/c1-11(19(23)24)34-16-8-13(4-5-15(16)29-31-34)14-6-7-33-18(14)20(36-3)28-21(30-33)27-17-9-32(12(2)35)10-22(17,25)26/h4-8,11,17,19H,9-10H2,1-3H3,(H,27,30)/t11-,17+/m0/s1. The number of rotatable bonds is 6. The molecular formula is C22H22F4N8O2. The molecule has 36 heavy (non-hydrogen) atoms. The van der Waals surface area contributed by atoms with Crippen LogP contribution in [-0.2, 0) is 4.79 Å². The molecule has 0 radical (unpaired) electrons. The smallest absolute Gasteiger partial charge is 0.286 e.